The van der Waals surface area contributed by atoms with Gasteiger partial charge in [0.05, 0.1) is 12.3 Å². The van der Waals surface area contributed by atoms with E-state index in [1.807, 2.05) is 70.2 Å². The lowest BCUT2D eigenvalue weighted by Gasteiger charge is -2.05. The van der Waals surface area contributed by atoms with Gasteiger partial charge in [0.2, 0.25) is 0 Å². The lowest BCUT2D eigenvalue weighted by molar-refractivity contribution is 0.102. The fourth-order valence-corrected chi connectivity index (χ4v) is 3.48. The Morgan fingerprint density at radius 3 is 2.46 bits per heavy atom. The molecule has 3 aromatic rings. The molecular weight excluding hydrogens is 344 g/mol. The fraction of sp³-hybridized carbons (Fsp3) is 0.238. The van der Waals surface area contributed by atoms with E-state index in [1.165, 1.54) is 16.9 Å². The number of anilines is 1. The molecule has 0 aliphatic heterocycles. The summed E-state index contributed by atoms with van der Waals surface area (Å²) in [5, 5.41) is 3.52. The Labute approximate surface area is 157 Å². The molecule has 4 nitrogen and oxygen atoms in total. The SMILES string of the molecule is CCOc1ccc(-c2nc(NC(=O)c3ccc(C)c(C)c3)sc2C)cc1. The number of rotatable bonds is 5. The number of aryl methyl sites for hydroxylation is 3. The summed E-state index contributed by atoms with van der Waals surface area (Å²) in [5.74, 6) is 0.701. The zero-order valence-corrected chi connectivity index (χ0v) is 16.2. The quantitative estimate of drug-likeness (QED) is 0.659. The maximum Gasteiger partial charge on any atom is 0.257 e. The van der Waals surface area contributed by atoms with Crippen molar-refractivity contribution in [3.8, 4) is 17.0 Å². The number of benzene rings is 2. The highest BCUT2D eigenvalue weighted by Crippen LogP contribution is 2.31. The molecule has 5 heteroatoms. The van der Waals surface area contributed by atoms with Gasteiger partial charge in [0, 0.05) is 16.0 Å². The molecule has 0 saturated heterocycles. The highest BCUT2D eigenvalue weighted by Gasteiger charge is 2.14. The van der Waals surface area contributed by atoms with Crippen molar-refractivity contribution < 1.29 is 9.53 Å². The van der Waals surface area contributed by atoms with E-state index in [2.05, 4.69) is 10.3 Å². The number of aromatic nitrogens is 1. The first-order valence-corrected chi connectivity index (χ1v) is 9.39. The molecule has 0 saturated carbocycles. The first kappa shape index (κ1) is 18.1. The number of nitrogens with one attached hydrogen (secondary N) is 1. The summed E-state index contributed by atoms with van der Waals surface area (Å²) in [7, 11) is 0. The van der Waals surface area contributed by atoms with Crippen LogP contribution in [0.25, 0.3) is 11.3 Å². The summed E-state index contributed by atoms with van der Waals surface area (Å²) in [6.45, 7) is 8.65. The van der Waals surface area contributed by atoms with Gasteiger partial charge in [-0.15, -0.1) is 11.3 Å². The molecule has 0 spiro atoms. The summed E-state index contributed by atoms with van der Waals surface area (Å²) in [5.41, 5.74) is 4.80. The number of hydrogen-bond acceptors (Lipinski definition) is 4. The Hall–Kier alpha value is -2.66. The molecule has 3 rings (SSSR count). The average molecular weight is 366 g/mol. The highest BCUT2D eigenvalue weighted by atomic mass is 32.1. The molecule has 0 radical (unpaired) electrons. The van der Waals surface area contributed by atoms with E-state index in [4.69, 9.17) is 4.74 Å². The number of carbonyl (C=O) groups is 1. The number of thiazole rings is 1. The lowest BCUT2D eigenvalue weighted by Crippen LogP contribution is -2.12. The molecule has 0 bridgehead atoms. The highest BCUT2D eigenvalue weighted by molar-refractivity contribution is 7.16. The predicted molar refractivity (Wildman–Crippen MR) is 107 cm³/mol. The number of carbonyl (C=O) groups excluding carboxylic acids is 1. The molecule has 26 heavy (non-hydrogen) atoms. The van der Waals surface area contributed by atoms with Crippen LogP contribution in [0.5, 0.6) is 5.75 Å². The van der Waals surface area contributed by atoms with Gasteiger partial charge in [0.1, 0.15) is 5.75 Å². The van der Waals surface area contributed by atoms with Crippen LogP contribution >= 0.6 is 11.3 Å². The van der Waals surface area contributed by atoms with Gasteiger partial charge < -0.3 is 4.74 Å². The van der Waals surface area contributed by atoms with Crippen molar-refractivity contribution in [1.29, 1.82) is 0 Å². The van der Waals surface area contributed by atoms with Gasteiger partial charge in [-0.05, 0) is 75.2 Å². The Morgan fingerprint density at radius 1 is 1.08 bits per heavy atom. The minimum Gasteiger partial charge on any atom is -0.494 e. The molecule has 0 aliphatic rings. The van der Waals surface area contributed by atoms with Crippen LogP contribution in [0, 0.1) is 20.8 Å². The largest absolute Gasteiger partial charge is 0.494 e. The summed E-state index contributed by atoms with van der Waals surface area (Å²) in [6, 6.07) is 13.5. The van der Waals surface area contributed by atoms with Crippen molar-refractivity contribution in [3.63, 3.8) is 0 Å². The maximum absolute atomic E-state index is 12.5. The smallest absolute Gasteiger partial charge is 0.257 e. The lowest BCUT2D eigenvalue weighted by atomic mass is 10.1. The predicted octanol–water partition coefficient (Wildman–Crippen LogP) is 5.39. The normalized spacial score (nSPS) is 10.6. The Kier molecular flexibility index (Phi) is 5.38. The first-order valence-electron chi connectivity index (χ1n) is 8.57. The van der Waals surface area contributed by atoms with Crippen LogP contribution in [0.3, 0.4) is 0 Å². The second kappa shape index (κ2) is 7.70. The van der Waals surface area contributed by atoms with E-state index in [0.29, 0.717) is 17.3 Å². The molecule has 0 fully saturated rings. The van der Waals surface area contributed by atoms with E-state index in [-0.39, 0.29) is 5.91 Å². The van der Waals surface area contributed by atoms with Crippen LogP contribution in [0.15, 0.2) is 42.5 Å². The minimum absolute atomic E-state index is 0.139. The van der Waals surface area contributed by atoms with E-state index in [9.17, 15) is 4.79 Å². The molecule has 0 aliphatic carbocycles. The third kappa shape index (κ3) is 3.94. The van der Waals surface area contributed by atoms with Crippen LogP contribution in [-0.2, 0) is 0 Å². The van der Waals surface area contributed by atoms with Gasteiger partial charge in [-0.3, -0.25) is 10.1 Å². The summed E-state index contributed by atoms with van der Waals surface area (Å²) >= 11 is 1.48. The van der Waals surface area contributed by atoms with Crippen molar-refractivity contribution >= 4 is 22.4 Å². The maximum atomic E-state index is 12.5. The Balaban J connectivity index is 1.79. The van der Waals surface area contributed by atoms with Crippen molar-refractivity contribution in [2.24, 2.45) is 0 Å². The third-order valence-corrected chi connectivity index (χ3v) is 5.11. The zero-order chi connectivity index (χ0) is 18.7. The van der Waals surface area contributed by atoms with E-state index >= 15 is 0 Å². The molecule has 0 atom stereocenters. The molecule has 134 valence electrons. The van der Waals surface area contributed by atoms with Crippen molar-refractivity contribution in [2.75, 3.05) is 11.9 Å². The summed E-state index contributed by atoms with van der Waals surface area (Å²) in [4.78, 5) is 18.2. The molecular formula is C21H22N2O2S. The average Bonchev–Trinajstić information content (AvgIpc) is 2.98. The van der Waals surface area contributed by atoms with Gasteiger partial charge in [-0.2, -0.15) is 0 Å². The standard InChI is InChI=1S/C21H22N2O2S/c1-5-25-18-10-8-16(9-11-18)19-15(4)26-21(22-19)23-20(24)17-7-6-13(2)14(3)12-17/h6-12H,5H2,1-4H3,(H,22,23,24). The molecule has 1 amide bonds. The summed E-state index contributed by atoms with van der Waals surface area (Å²) < 4.78 is 5.48. The zero-order valence-electron chi connectivity index (χ0n) is 15.4. The number of amides is 1. The van der Waals surface area contributed by atoms with Crippen LogP contribution in [0.1, 0.15) is 33.3 Å². The van der Waals surface area contributed by atoms with Crippen LogP contribution in [0.4, 0.5) is 5.13 Å². The van der Waals surface area contributed by atoms with E-state index in [0.717, 1.165) is 27.4 Å². The van der Waals surface area contributed by atoms with Crippen LogP contribution < -0.4 is 10.1 Å². The molecule has 1 aromatic heterocycles. The second-order valence-electron chi connectivity index (χ2n) is 6.13. The van der Waals surface area contributed by atoms with Crippen molar-refractivity contribution in [3.05, 3.63) is 64.0 Å². The monoisotopic (exact) mass is 366 g/mol. The molecule has 0 unspecified atom stereocenters. The number of ether oxygens (including phenoxy) is 1. The molecule has 2 aromatic carbocycles. The third-order valence-electron chi connectivity index (χ3n) is 4.22. The van der Waals surface area contributed by atoms with Gasteiger partial charge in [0.25, 0.3) is 5.91 Å². The van der Waals surface area contributed by atoms with Gasteiger partial charge >= 0.3 is 0 Å². The Morgan fingerprint density at radius 2 is 1.81 bits per heavy atom. The van der Waals surface area contributed by atoms with Gasteiger partial charge in [0.15, 0.2) is 5.13 Å². The van der Waals surface area contributed by atoms with Crippen molar-refractivity contribution in [1.82, 2.24) is 4.98 Å². The van der Waals surface area contributed by atoms with Crippen LogP contribution in [0.2, 0.25) is 0 Å². The second-order valence-corrected chi connectivity index (χ2v) is 7.34. The summed E-state index contributed by atoms with van der Waals surface area (Å²) in [6.07, 6.45) is 0. The Bertz CT molecular complexity index is 930. The number of hydrogen-bond donors (Lipinski definition) is 1. The first-order chi connectivity index (χ1) is 12.5. The van der Waals surface area contributed by atoms with Crippen molar-refractivity contribution in [2.45, 2.75) is 27.7 Å². The van der Waals surface area contributed by atoms with Crippen LogP contribution in [-0.4, -0.2) is 17.5 Å². The fourth-order valence-electron chi connectivity index (χ4n) is 2.65. The topological polar surface area (TPSA) is 51.2 Å². The molecule has 1 N–H and O–H groups in total. The van der Waals surface area contributed by atoms with E-state index in [1.54, 1.807) is 0 Å². The number of nitrogens with zero attached hydrogens (tertiary/aromatic N) is 1. The van der Waals surface area contributed by atoms with Gasteiger partial charge in [-0.25, -0.2) is 4.98 Å². The minimum atomic E-state index is -0.139. The van der Waals surface area contributed by atoms with E-state index < -0.39 is 0 Å². The molecule has 1 heterocycles. The van der Waals surface area contributed by atoms with Gasteiger partial charge in [-0.1, -0.05) is 6.07 Å².